The molecule has 86 valence electrons. The van der Waals surface area contributed by atoms with Crippen LogP contribution >= 0.6 is 0 Å². The minimum absolute atomic E-state index is 0.597. The van der Waals surface area contributed by atoms with Crippen LogP contribution in [0.5, 0.6) is 0 Å². The third-order valence-corrected chi connectivity index (χ3v) is 3.18. The lowest BCUT2D eigenvalue weighted by atomic mass is 10.1. The summed E-state index contributed by atoms with van der Waals surface area (Å²) in [6.45, 7) is 0.807. The lowest BCUT2D eigenvalue weighted by Gasteiger charge is -2.03. The van der Waals surface area contributed by atoms with Crippen LogP contribution in [-0.4, -0.2) is 16.0 Å². The monoisotopic (exact) mass is 225 g/mol. The van der Waals surface area contributed by atoms with Gasteiger partial charge in [-0.05, 0) is 12.0 Å². The minimum Gasteiger partial charge on any atom is -0.308 e. The summed E-state index contributed by atoms with van der Waals surface area (Å²) in [6.07, 6.45) is 6.48. The Balaban J connectivity index is 1.53. The number of nitrogens with zero attached hydrogens (tertiary/aromatic N) is 2. The Labute approximate surface area is 101 Å². The van der Waals surface area contributed by atoms with Gasteiger partial charge in [0.2, 0.25) is 0 Å². The molecular weight excluding hydrogens is 210 g/mol. The van der Waals surface area contributed by atoms with E-state index >= 15 is 0 Å². The average Bonchev–Trinajstić information content (AvgIpc) is 3.18. The Hall–Kier alpha value is -1.74. The third kappa shape index (κ3) is 2.50. The van der Waals surface area contributed by atoms with Crippen molar-refractivity contribution in [3.05, 3.63) is 60.2 Å². The van der Waals surface area contributed by atoms with Crippen LogP contribution in [0.2, 0.25) is 0 Å². The van der Waals surface area contributed by atoms with Crippen LogP contribution in [0.15, 0.2) is 48.9 Å². The molecule has 2 unspecified atom stereocenters. The lowest BCUT2D eigenvalue weighted by molar-refractivity contribution is 0.658. The van der Waals surface area contributed by atoms with Gasteiger partial charge in [0.05, 0.1) is 5.69 Å². The second-order valence-corrected chi connectivity index (χ2v) is 4.44. The Morgan fingerprint density at radius 3 is 2.82 bits per heavy atom. The summed E-state index contributed by atoms with van der Waals surface area (Å²) in [7, 11) is 0. The van der Waals surface area contributed by atoms with Crippen molar-refractivity contribution in [1.82, 2.24) is 15.3 Å². The van der Waals surface area contributed by atoms with Crippen molar-refractivity contribution in [2.75, 3.05) is 0 Å². The van der Waals surface area contributed by atoms with Gasteiger partial charge in [0.1, 0.15) is 0 Å². The number of aromatic nitrogens is 2. The van der Waals surface area contributed by atoms with Gasteiger partial charge in [-0.1, -0.05) is 30.3 Å². The van der Waals surface area contributed by atoms with Gasteiger partial charge in [0, 0.05) is 37.1 Å². The van der Waals surface area contributed by atoms with Crippen molar-refractivity contribution in [3.8, 4) is 0 Å². The molecule has 1 aromatic heterocycles. The zero-order valence-corrected chi connectivity index (χ0v) is 9.58. The second kappa shape index (κ2) is 4.63. The highest BCUT2D eigenvalue weighted by Crippen LogP contribution is 2.40. The second-order valence-electron chi connectivity index (χ2n) is 4.44. The standard InChI is InChI=1S/C14H15N3/c1-2-4-11(5-3-1)13-8-14(13)17-10-12-9-15-6-7-16-12/h1-7,9,13-14,17H,8,10H2. The Morgan fingerprint density at radius 2 is 2.06 bits per heavy atom. The maximum atomic E-state index is 4.25. The van der Waals surface area contributed by atoms with Gasteiger partial charge >= 0.3 is 0 Å². The van der Waals surface area contributed by atoms with Gasteiger partial charge in [-0.15, -0.1) is 0 Å². The third-order valence-electron chi connectivity index (χ3n) is 3.18. The van der Waals surface area contributed by atoms with Crippen LogP contribution in [0.4, 0.5) is 0 Å². The fraction of sp³-hybridized carbons (Fsp3) is 0.286. The van der Waals surface area contributed by atoms with Crippen LogP contribution in [0, 0.1) is 0 Å². The van der Waals surface area contributed by atoms with Gasteiger partial charge in [-0.25, -0.2) is 0 Å². The Bertz CT molecular complexity index is 469. The first kappa shape index (κ1) is 10.4. The van der Waals surface area contributed by atoms with E-state index < -0.39 is 0 Å². The van der Waals surface area contributed by atoms with E-state index in [0.717, 1.165) is 12.2 Å². The molecule has 1 aliphatic carbocycles. The van der Waals surface area contributed by atoms with E-state index in [4.69, 9.17) is 0 Å². The zero-order valence-electron chi connectivity index (χ0n) is 9.58. The van der Waals surface area contributed by atoms with Crippen LogP contribution in [0.3, 0.4) is 0 Å². The highest BCUT2D eigenvalue weighted by Gasteiger charge is 2.37. The summed E-state index contributed by atoms with van der Waals surface area (Å²) in [5.41, 5.74) is 2.44. The van der Waals surface area contributed by atoms with Crippen LogP contribution in [0.1, 0.15) is 23.6 Å². The van der Waals surface area contributed by atoms with E-state index in [0.29, 0.717) is 12.0 Å². The number of hydrogen-bond donors (Lipinski definition) is 1. The molecule has 1 aliphatic rings. The Kier molecular flexibility index (Phi) is 2.84. The van der Waals surface area contributed by atoms with Crippen LogP contribution in [0.25, 0.3) is 0 Å². The largest absolute Gasteiger partial charge is 0.308 e. The van der Waals surface area contributed by atoms with E-state index in [2.05, 4.69) is 45.6 Å². The molecular formula is C14H15N3. The number of benzene rings is 1. The van der Waals surface area contributed by atoms with Crippen molar-refractivity contribution in [1.29, 1.82) is 0 Å². The first-order chi connectivity index (χ1) is 8.43. The average molecular weight is 225 g/mol. The maximum absolute atomic E-state index is 4.25. The Morgan fingerprint density at radius 1 is 1.18 bits per heavy atom. The van der Waals surface area contributed by atoms with Gasteiger partial charge in [-0.2, -0.15) is 0 Å². The molecule has 1 fully saturated rings. The van der Waals surface area contributed by atoms with Crippen molar-refractivity contribution < 1.29 is 0 Å². The molecule has 0 spiro atoms. The molecule has 3 rings (SSSR count). The molecule has 0 amide bonds. The minimum atomic E-state index is 0.597. The van der Waals surface area contributed by atoms with Gasteiger partial charge in [-0.3, -0.25) is 9.97 Å². The molecule has 17 heavy (non-hydrogen) atoms. The molecule has 3 nitrogen and oxygen atoms in total. The summed E-state index contributed by atoms with van der Waals surface area (Å²) in [5, 5.41) is 3.52. The number of hydrogen-bond acceptors (Lipinski definition) is 3. The molecule has 2 aromatic rings. The van der Waals surface area contributed by atoms with Crippen molar-refractivity contribution >= 4 is 0 Å². The topological polar surface area (TPSA) is 37.8 Å². The molecule has 0 radical (unpaired) electrons. The highest BCUT2D eigenvalue weighted by atomic mass is 15.0. The predicted molar refractivity (Wildman–Crippen MR) is 66.5 cm³/mol. The van der Waals surface area contributed by atoms with Gasteiger partial charge < -0.3 is 5.32 Å². The maximum Gasteiger partial charge on any atom is 0.0724 e. The highest BCUT2D eigenvalue weighted by molar-refractivity contribution is 5.27. The summed E-state index contributed by atoms with van der Waals surface area (Å²) >= 11 is 0. The predicted octanol–water partition coefficient (Wildman–Crippen LogP) is 2.12. The SMILES string of the molecule is c1ccc(C2CC2NCc2cnccn2)cc1. The van der Waals surface area contributed by atoms with Crippen LogP contribution in [-0.2, 0) is 6.54 Å². The molecule has 3 heteroatoms. The molecule has 1 heterocycles. The molecule has 0 aliphatic heterocycles. The summed E-state index contributed by atoms with van der Waals surface area (Å²) in [4.78, 5) is 8.31. The van der Waals surface area contributed by atoms with Crippen molar-refractivity contribution in [3.63, 3.8) is 0 Å². The fourth-order valence-corrected chi connectivity index (χ4v) is 2.15. The van der Waals surface area contributed by atoms with Crippen LogP contribution < -0.4 is 5.32 Å². The molecule has 1 saturated carbocycles. The normalized spacial score (nSPS) is 22.4. The first-order valence-electron chi connectivity index (χ1n) is 5.97. The molecule has 1 aromatic carbocycles. The number of rotatable bonds is 4. The molecule has 2 atom stereocenters. The summed E-state index contributed by atoms with van der Waals surface area (Å²) < 4.78 is 0. The van der Waals surface area contributed by atoms with Gasteiger partial charge in [0.15, 0.2) is 0 Å². The van der Waals surface area contributed by atoms with Gasteiger partial charge in [0.25, 0.3) is 0 Å². The van der Waals surface area contributed by atoms with E-state index in [1.165, 1.54) is 12.0 Å². The van der Waals surface area contributed by atoms with E-state index in [9.17, 15) is 0 Å². The summed E-state index contributed by atoms with van der Waals surface area (Å²) in [6, 6.07) is 11.3. The molecule has 0 bridgehead atoms. The fourth-order valence-electron chi connectivity index (χ4n) is 2.15. The molecule has 0 saturated heterocycles. The van der Waals surface area contributed by atoms with E-state index in [-0.39, 0.29) is 0 Å². The van der Waals surface area contributed by atoms with E-state index in [1.54, 1.807) is 12.4 Å². The van der Waals surface area contributed by atoms with Crippen molar-refractivity contribution in [2.45, 2.75) is 24.9 Å². The quantitative estimate of drug-likeness (QED) is 0.866. The summed E-state index contributed by atoms with van der Waals surface area (Å²) in [5.74, 6) is 0.674. The first-order valence-corrected chi connectivity index (χ1v) is 5.97. The smallest absolute Gasteiger partial charge is 0.0724 e. The molecule has 1 N–H and O–H groups in total. The van der Waals surface area contributed by atoms with Crippen molar-refractivity contribution in [2.24, 2.45) is 0 Å². The number of nitrogens with one attached hydrogen (secondary N) is 1. The van der Waals surface area contributed by atoms with E-state index in [1.807, 2.05) is 6.20 Å². The zero-order chi connectivity index (χ0) is 11.5. The lowest BCUT2D eigenvalue weighted by Crippen LogP contribution is -2.18.